The van der Waals surface area contributed by atoms with Gasteiger partial charge < -0.3 is 4.90 Å². The van der Waals surface area contributed by atoms with Gasteiger partial charge in [0.25, 0.3) is 0 Å². The third-order valence-electron chi connectivity index (χ3n) is 3.23. The van der Waals surface area contributed by atoms with Gasteiger partial charge in [-0.2, -0.15) is 0 Å². The zero-order valence-corrected chi connectivity index (χ0v) is 13.1. The average molecular weight is 309 g/mol. The first-order valence-corrected chi connectivity index (χ1v) is 7.57. The molecule has 0 spiro atoms. The molecule has 0 atom stereocenters. The predicted octanol–water partition coefficient (Wildman–Crippen LogP) is 5.73. The molecule has 0 aliphatic rings. The first-order valence-electron chi connectivity index (χ1n) is 6.67. The molecule has 0 fully saturated rings. The van der Waals surface area contributed by atoms with Gasteiger partial charge in [-0.05, 0) is 60.7 Å². The highest BCUT2D eigenvalue weighted by Gasteiger charge is 2.11. The van der Waals surface area contributed by atoms with Gasteiger partial charge in [-0.15, -0.1) is 25.3 Å². The van der Waals surface area contributed by atoms with Crippen LogP contribution in [-0.2, 0) is 0 Å². The zero-order chi connectivity index (χ0) is 14.7. The van der Waals surface area contributed by atoms with Crippen molar-refractivity contribution in [2.75, 3.05) is 4.90 Å². The molecule has 0 saturated heterocycles. The Balaban J connectivity index is 2.11. The fourth-order valence-corrected chi connectivity index (χ4v) is 2.53. The van der Waals surface area contributed by atoms with Crippen molar-refractivity contribution in [3.8, 4) is 0 Å². The minimum absolute atomic E-state index is 0.956. The van der Waals surface area contributed by atoms with Crippen LogP contribution in [0.2, 0.25) is 0 Å². The minimum Gasteiger partial charge on any atom is -0.311 e. The third kappa shape index (κ3) is 3.26. The second-order valence-corrected chi connectivity index (χ2v) is 5.74. The van der Waals surface area contributed by atoms with E-state index in [2.05, 4.69) is 66.6 Å². The number of benzene rings is 3. The first kappa shape index (κ1) is 14.1. The monoisotopic (exact) mass is 309 g/mol. The van der Waals surface area contributed by atoms with Gasteiger partial charge in [0.05, 0.1) is 0 Å². The Morgan fingerprint density at radius 2 is 0.857 bits per heavy atom. The molecule has 0 radical (unpaired) electrons. The Labute approximate surface area is 136 Å². The molecule has 0 bridgehead atoms. The molecule has 0 heterocycles. The lowest BCUT2D eigenvalue weighted by molar-refractivity contribution is 1.26. The van der Waals surface area contributed by atoms with Gasteiger partial charge in [0.15, 0.2) is 0 Å². The van der Waals surface area contributed by atoms with Crippen molar-refractivity contribution in [3.63, 3.8) is 0 Å². The third-order valence-corrected chi connectivity index (χ3v) is 3.83. The average Bonchev–Trinajstić information content (AvgIpc) is 2.52. The second-order valence-electron chi connectivity index (χ2n) is 4.70. The van der Waals surface area contributed by atoms with Gasteiger partial charge in [-0.3, -0.25) is 0 Å². The molecule has 3 aromatic rings. The van der Waals surface area contributed by atoms with E-state index in [-0.39, 0.29) is 0 Å². The molecule has 3 aromatic carbocycles. The van der Waals surface area contributed by atoms with E-state index in [1.165, 1.54) is 0 Å². The van der Waals surface area contributed by atoms with Crippen LogP contribution >= 0.6 is 25.3 Å². The number of rotatable bonds is 3. The fraction of sp³-hybridized carbons (Fsp3) is 0. The Morgan fingerprint density at radius 1 is 0.476 bits per heavy atom. The van der Waals surface area contributed by atoms with Gasteiger partial charge in [0.1, 0.15) is 0 Å². The molecule has 0 saturated carbocycles. The molecule has 0 N–H and O–H groups in total. The van der Waals surface area contributed by atoms with Crippen molar-refractivity contribution in [2.24, 2.45) is 0 Å². The van der Waals surface area contributed by atoms with Crippen LogP contribution in [0.3, 0.4) is 0 Å². The van der Waals surface area contributed by atoms with Crippen molar-refractivity contribution in [3.05, 3.63) is 78.9 Å². The Bertz CT molecular complexity index is 661. The minimum atomic E-state index is 0.956. The summed E-state index contributed by atoms with van der Waals surface area (Å²) in [5, 5.41) is 0. The predicted molar refractivity (Wildman–Crippen MR) is 95.6 cm³/mol. The summed E-state index contributed by atoms with van der Waals surface area (Å²) in [6.07, 6.45) is 0. The quantitative estimate of drug-likeness (QED) is 0.584. The SMILES string of the molecule is Sc1ccc(N(c2ccccc2)c2ccc(S)cc2)cc1. The number of anilines is 3. The summed E-state index contributed by atoms with van der Waals surface area (Å²) >= 11 is 8.72. The summed E-state index contributed by atoms with van der Waals surface area (Å²) in [5.41, 5.74) is 3.33. The number of nitrogens with zero attached hydrogens (tertiary/aromatic N) is 1. The van der Waals surface area contributed by atoms with Crippen molar-refractivity contribution in [2.45, 2.75) is 9.79 Å². The zero-order valence-electron chi connectivity index (χ0n) is 11.3. The highest BCUT2D eigenvalue weighted by Crippen LogP contribution is 2.34. The number of hydrogen-bond acceptors (Lipinski definition) is 3. The summed E-state index contributed by atoms with van der Waals surface area (Å²) in [5.74, 6) is 0. The first-order chi connectivity index (χ1) is 10.2. The van der Waals surface area contributed by atoms with E-state index < -0.39 is 0 Å². The van der Waals surface area contributed by atoms with Crippen molar-refractivity contribution < 1.29 is 0 Å². The summed E-state index contributed by atoms with van der Waals surface area (Å²) in [6.45, 7) is 0. The van der Waals surface area contributed by atoms with Crippen molar-refractivity contribution >= 4 is 42.3 Å². The van der Waals surface area contributed by atoms with E-state index in [0.29, 0.717) is 0 Å². The van der Waals surface area contributed by atoms with E-state index in [9.17, 15) is 0 Å². The smallest absolute Gasteiger partial charge is 0.0462 e. The topological polar surface area (TPSA) is 3.24 Å². The summed E-state index contributed by atoms with van der Waals surface area (Å²) in [4.78, 5) is 4.12. The normalized spacial score (nSPS) is 10.4. The maximum absolute atomic E-state index is 4.36. The number of hydrogen-bond donors (Lipinski definition) is 2. The summed E-state index contributed by atoms with van der Waals surface area (Å²) < 4.78 is 0. The van der Waals surface area contributed by atoms with Crippen LogP contribution in [0.5, 0.6) is 0 Å². The van der Waals surface area contributed by atoms with Crippen LogP contribution in [0.25, 0.3) is 0 Å². The van der Waals surface area contributed by atoms with Crippen LogP contribution < -0.4 is 4.90 Å². The Hall–Kier alpha value is -1.84. The molecular weight excluding hydrogens is 294 g/mol. The standard InChI is InChI=1S/C18H15NS2/c20-17-10-6-15(7-11-17)19(14-4-2-1-3-5-14)16-8-12-18(21)13-9-16/h1-13,20-21H. The van der Waals surface area contributed by atoms with E-state index in [1.807, 2.05) is 42.5 Å². The molecule has 0 amide bonds. The molecule has 0 aliphatic heterocycles. The van der Waals surface area contributed by atoms with Crippen molar-refractivity contribution in [1.82, 2.24) is 0 Å². The fourth-order valence-electron chi connectivity index (χ4n) is 2.23. The summed E-state index contributed by atoms with van der Waals surface area (Å²) in [6, 6.07) is 26.6. The highest BCUT2D eigenvalue weighted by atomic mass is 32.1. The lowest BCUT2D eigenvalue weighted by Crippen LogP contribution is -2.09. The van der Waals surface area contributed by atoms with Crippen LogP contribution in [0.4, 0.5) is 17.1 Å². The lowest BCUT2D eigenvalue weighted by Gasteiger charge is -2.25. The molecule has 21 heavy (non-hydrogen) atoms. The van der Waals surface area contributed by atoms with E-state index in [1.54, 1.807) is 0 Å². The second kappa shape index (κ2) is 6.29. The Kier molecular flexibility index (Phi) is 4.23. The maximum atomic E-state index is 4.36. The van der Waals surface area contributed by atoms with Gasteiger partial charge >= 0.3 is 0 Å². The van der Waals surface area contributed by atoms with Gasteiger partial charge in [0.2, 0.25) is 0 Å². The van der Waals surface area contributed by atoms with Gasteiger partial charge in [-0.25, -0.2) is 0 Å². The number of para-hydroxylation sites is 1. The van der Waals surface area contributed by atoms with Gasteiger partial charge in [-0.1, -0.05) is 18.2 Å². The van der Waals surface area contributed by atoms with Gasteiger partial charge in [0, 0.05) is 26.9 Å². The van der Waals surface area contributed by atoms with E-state index in [0.717, 1.165) is 26.9 Å². The van der Waals surface area contributed by atoms with Crippen LogP contribution in [0.15, 0.2) is 88.7 Å². The van der Waals surface area contributed by atoms with Crippen LogP contribution in [0.1, 0.15) is 0 Å². The summed E-state index contributed by atoms with van der Waals surface area (Å²) in [7, 11) is 0. The van der Waals surface area contributed by atoms with E-state index >= 15 is 0 Å². The molecule has 0 aliphatic carbocycles. The lowest BCUT2D eigenvalue weighted by atomic mass is 10.2. The van der Waals surface area contributed by atoms with Crippen molar-refractivity contribution in [1.29, 1.82) is 0 Å². The highest BCUT2D eigenvalue weighted by molar-refractivity contribution is 7.80. The molecule has 3 rings (SSSR count). The van der Waals surface area contributed by atoms with E-state index in [4.69, 9.17) is 0 Å². The molecule has 0 aromatic heterocycles. The molecular formula is C18H15NS2. The molecule has 1 nitrogen and oxygen atoms in total. The number of thiol groups is 2. The maximum Gasteiger partial charge on any atom is 0.0462 e. The van der Waals surface area contributed by atoms with Crippen LogP contribution in [-0.4, -0.2) is 0 Å². The van der Waals surface area contributed by atoms with Crippen LogP contribution in [0, 0.1) is 0 Å². The molecule has 3 heteroatoms. The molecule has 0 unspecified atom stereocenters. The molecule has 104 valence electrons. The Morgan fingerprint density at radius 3 is 1.29 bits per heavy atom. The largest absolute Gasteiger partial charge is 0.311 e.